The fourth-order valence-corrected chi connectivity index (χ4v) is 2.78. The molecule has 106 valence electrons. The van der Waals surface area contributed by atoms with Crippen molar-refractivity contribution in [3.05, 3.63) is 34.1 Å². The van der Waals surface area contributed by atoms with Gasteiger partial charge in [0, 0.05) is 48.7 Å². The number of nitrogens with one attached hydrogen (secondary N) is 1. The quantitative estimate of drug-likeness (QED) is 0.908. The molecule has 1 aliphatic rings. The van der Waals surface area contributed by atoms with Gasteiger partial charge >= 0.3 is 0 Å². The molecular formula is C13H16BrF3N2. The molecule has 0 spiro atoms. The van der Waals surface area contributed by atoms with Crippen LogP contribution in [0.25, 0.3) is 0 Å². The Morgan fingerprint density at radius 3 is 2.58 bits per heavy atom. The first kappa shape index (κ1) is 14.8. The second-order valence-electron chi connectivity index (χ2n) is 4.59. The number of nitrogens with zero attached hydrogens (tertiary/aromatic N) is 1. The number of hydrogen-bond acceptors (Lipinski definition) is 2. The Labute approximate surface area is 119 Å². The van der Waals surface area contributed by atoms with Crippen molar-refractivity contribution in [3.63, 3.8) is 0 Å². The molecule has 0 unspecified atom stereocenters. The summed E-state index contributed by atoms with van der Waals surface area (Å²) in [5, 5.41) is 3.17. The van der Waals surface area contributed by atoms with Crippen LogP contribution in [0.4, 0.5) is 13.2 Å². The summed E-state index contributed by atoms with van der Waals surface area (Å²) >= 11 is 3.27. The summed E-state index contributed by atoms with van der Waals surface area (Å²) in [5.41, 5.74) is 0.344. The van der Waals surface area contributed by atoms with Crippen LogP contribution in [-0.4, -0.2) is 37.5 Å². The lowest BCUT2D eigenvalue weighted by Crippen LogP contribution is -2.45. The molecule has 1 atom stereocenters. The lowest BCUT2D eigenvalue weighted by molar-refractivity contribution is 0.0725. The van der Waals surface area contributed by atoms with Crippen molar-refractivity contribution in [2.24, 2.45) is 0 Å². The molecule has 1 aliphatic heterocycles. The largest absolute Gasteiger partial charge is 0.314 e. The van der Waals surface area contributed by atoms with Crippen LogP contribution >= 0.6 is 15.9 Å². The van der Waals surface area contributed by atoms with E-state index >= 15 is 0 Å². The van der Waals surface area contributed by atoms with Gasteiger partial charge in [-0.25, -0.2) is 13.2 Å². The number of piperazine rings is 1. The van der Waals surface area contributed by atoms with Gasteiger partial charge in [-0.2, -0.15) is 0 Å². The minimum Gasteiger partial charge on any atom is -0.314 e. The molecule has 1 aromatic carbocycles. The predicted octanol–water partition coefficient (Wildman–Crippen LogP) is 3.19. The van der Waals surface area contributed by atoms with E-state index in [0.29, 0.717) is 23.1 Å². The van der Waals surface area contributed by atoms with E-state index in [1.807, 2.05) is 4.90 Å². The van der Waals surface area contributed by atoms with Gasteiger partial charge in [-0.1, -0.05) is 15.9 Å². The highest BCUT2D eigenvalue weighted by atomic mass is 79.9. The number of hydrogen-bond donors (Lipinski definition) is 1. The van der Waals surface area contributed by atoms with E-state index in [9.17, 15) is 13.2 Å². The van der Waals surface area contributed by atoms with Gasteiger partial charge < -0.3 is 5.32 Å². The minimum absolute atomic E-state index is 0.340. The van der Waals surface area contributed by atoms with Gasteiger partial charge in [0.15, 0.2) is 0 Å². The third-order valence-electron chi connectivity index (χ3n) is 3.31. The van der Waals surface area contributed by atoms with E-state index in [1.54, 1.807) is 12.1 Å². The number of rotatable bonds is 4. The zero-order chi connectivity index (χ0) is 13.8. The molecule has 2 rings (SSSR count). The Hall–Kier alpha value is -0.590. The van der Waals surface area contributed by atoms with E-state index in [0.717, 1.165) is 13.1 Å². The maximum Gasteiger partial charge on any atom is 0.240 e. The van der Waals surface area contributed by atoms with Gasteiger partial charge in [0.25, 0.3) is 0 Å². The molecule has 1 aromatic rings. The third-order valence-corrected chi connectivity index (χ3v) is 3.80. The van der Waals surface area contributed by atoms with Crippen LogP contribution in [0.1, 0.15) is 18.0 Å². The van der Waals surface area contributed by atoms with Gasteiger partial charge in [-0.15, -0.1) is 0 Å². The first-order chi connectivity index (χ1) is 9.08. The monoisotopic (exact) mass is 336 g/mol. The summed E-state index contributed by atoms with van der Waals surface area (Å²) in [6.45, 7) is 2.80. The fraction of sp³-hybridized carbons (Fsp3) is 0.538. The van der Waals surface area contributed by atoms with Gasteiger partial charge in [0.1, 0.15) is 5.82 Å². The molecular weight excluding hydrogens is 321 g/mol. The standard InChI is InChI=1S/C13H16BrF3N2/c14-9-1-2-11(15)10(7-9)12(8-13(16)17)19-5-3-18-4-6-19/h1-2,7,12-13,18H,3-6,8H2/t12-/m1/s1. The van der Waals surface area contributed by atoms with Gasteiger partial charge in [-0.05, 0) is 18.2 Å². The van der Waals surface area contributed by atoms with Crippen LogP contribution < -0.4 is 5.32 Å². The Kier molecular flexibility index (Phi) is 5.24. The lowest BCUT2D eigenvalue weighted by Gasteiger charge is -2.35. The first-order valence-corrected chi connectivity index (χ1v) is 7.05. The molecule has 1 saturated heterocycles. The molecule has 2 nitrogen and oxygen atoms in total. The van der Waals surface area contributed by atoms with Crippen LogP contribution in [0.2, 0.25) is 0 Å². The van der Waals surface area contributed by atoms with Crippen molar-refractivity contribution in [3.8, 4) is 0 Å². The maximum atomic E-state index is 13.9. The van der Waals surface area contributed by atoms with Crippen LogP contribution in [0.5, 0.6) is 0 Å². The third kappa shape index (κ3) is 3.94. The number of halogens is 4. The van der Waals surface area contributed by atoms with Crippen molar-refractivity contribution in [1.29, 1.82) is 0 Å². The summed E-state index contributed by atoms with van der Waals surface area (Å²) < 4.78 is 40.2. The fourth-order valence-electron chi connectivity index (χ4n) is 2.41. The Morgan fingerprint density at radius 1 is 1.26 bits per heavy atom. The highest BCUT2D eigenvalue weighted by molar-refractivity contribution is 9.10. The van der Waals surface area contributed by atoms with Crippen LogP contribution in [0.15, 0.2) is 22.7 Å². The molecule has 19 heavy (non-hydrogen) atoms. The molecule has 1 heterocycles. The second kappa shape index (κ2) is 6.72. The summed E-state index contributed by atoms with van der Waals surface area (Å²) in [6, 6.07) is 3.93. The van der Waals surface area contributed by atoms with Crippen LogP contribution in [-0.2, 0) is 0 Å². The van der Waals surface area contributed by atoms with E-state index < -0.39 is 18.3 Å². The second-order valence-corrected chi connectivity index (χ2v) is 5.51. The highest BCUT2D eigenvalue weighted by Crippen LogP contribution is 2.31. The van der Waals surface area contributed by atoms with Crippen LogP contribution in [0.3, 0.4) is 0 Å². The van der Waals surface area contributed by atoms with E-state index in [1.165, 1.54) is 6.07 Å². The summed E-state index contributed by atoms with van der Waals surface area (Å²) in [7, 11) is 0. The molecule has 1 fully saturated rings. The molecule has 0 radical (unpaired) electrons. The molecule has 1 N–H and O–H groups in total. The van der Waals surface area contributed by atoms with E-state index in [4.69, 9.17) is 0 Å². The van der Waals surface area contributed by atoms with Crippen molar-refractivity contribution in [2.45, 2.75) is 18.9 Å². The lowest BCUT2D eigenvalue weighted by atomic mass is 10.0. The predicted molar refractivity (Wildman–Crippen MR) is 71.9 cm³/mol. The van der Waals surface area contributed by atoms with Crippen molar-refractivity contribution < 1.29 is 13.2 Å². The number of benzene rings is 1. The Morgan fingerprint density at radius 2 is 1.95 bits per heavy atom. The molecule has 0 saturated carbocycles. The minimum atomic E-state index is -2.45. The van der Waals surface area contributed by atoms with Gasteiger partial charge in [0.2, 0.25) is 6.43 Å². The normalized spacial score (nSPS) is 18.8. The number of alkyl halides is 2. The summed E-state index contributed by atoms with van der Waals surface area (Å²) in [5.74, 6) is -0.424. The Balaban J connectivity index is 2.27. The van der Waals surface area contributed by atoms with Crippen LogP contribution in [0, 0.1) is 5.82 Å². The molecule has 0 aromatic heterocycles. The SMILES string of the molecule is Fc1ccc(Br)cc1[C@@H](CC(F)F)N1CCNCC1. The smallest absolute Gasteiger partial charge is 0.240 e. The van der Waals surface area contributed by atoms with Gasteiger partial charge in [0.05, 0.1) is 0 Å². The molecule has 0 bridgehead atoms. The average molecular weight is 337 g/mol. The van der Waals surface area contributed by atoms with E-state index in [-0.39, 0.29) is 6.42 Å². The maximum absolute atomic E-state index is 13.9. The van der Waals surface area contributed by atoms with Crippen molar-refractivity contribution in [1.82, 2.24) is 10.2 Å². The average Bonchev–Trinajstić information content (AvgIpc) is 2.40. The zero-order valence-electron chi connectivity index (χ0n) is 10.4. The zero-order valence-corrected chi connectivity index (χ0v) is 12.0. The highest BCUT2D eigenvalue weighted by Gasteiger charge is 2.27. The topological polar surface area (TPSA) is 15.3 Å². The molecule has 6 heteroatoms. The van der Waals surface area contributed by atoms with Crippen molar-refractivity contribution in [2.75, 3.05) is 26.2 Å². The van der Waals surface area contributed by atoms with E-state index in [2.05, 4.69) is 21.2 Å². The summed E-state index contributed by atoms with van der Waals surface area (Å²) in [6.07, 6.45) is -2.79. The summed E-state index contributed by atoms with van der Waals surface area (Å²) in [4.78, 5) is 1.92. The first-order valence-electron chi connectivity index (χ1n) is 6.26. The molecule has 0 aliphatic carbocycles. The van der Waals surface area contributed by atoms with Crippen molar-refractivity contribution >= 4 is 15.9 Å². The van der Waals surface area contributed by atoms with Gasteiger partial charge in [-0.3, -0.25) is 4.90 Å². The molecule has 0 amide bonds. The Bertz CT molecular complexity index is 422.